The van der Waals surface area contributed by atoms with Crippen LogP contribution >= 0.6 is 19.4 Å². The maximum absolute atomic E-state index is 12.1. The molecule has 0 unspecified atom stereocenters. The zero-order chi connectivity index (χ0) is 13.1. The van der Waals surface area contributed by atoms with Crippen LogP contribution in [-0.4, -0.2) is 13.2 Å². The number of rotatable bonds is 7. The van der Waals surface area contributed by atoms with Gasteiger partial charge in [0.15, 0.2) is 0 Å². The smallest absolute Gasteiger partial charge is 0.299 e. The molecule has 0 amide bonds. The van der Waals surface area contributed by atoms with Gasteiger partial charge in [0, 0.05) is 5.66 Å². The second kappa shape index (κ2) is 9.79. The monoisotopic (exact) mass is 276 g/mol. The summed E-state index contributed by atoms with van der Waals surface area (Å²) in [6, 6.07) is 0. The third-order valence-corrected chi connectivity index (χ3v) is 3.86. The minimum absolute atomic E-state index is 0.406. The van der Waals surface area contributed by atoms with Crippen LogP contribution in [-0.2, 0) is 13.6 Å². The molecule has 0 atom stereocenters. The topological polar surface area (TPSA) is 35.5 Å². The Labute approximate surface area is 109 Å². The van der Waals surface area contributed by atoms with Gasteiger partial charge in [-0.05, 0) is 49.1 Å². The van der Waals surface area contributed by atoms with Gasteiger partial charge in [-0.25, -0.2) is 4.57 Å². The Kier molecular flexibility index (Phi) is 9.68. The summed E-state index contributed by atoms with van der Waals surface area (Å²) in [5.41, 5.74) is 3.76. The molecule has 0 aromatic heterocycles. The fourth-order valence-corrected chi connectivity index (χ4v) is 2.76. The van der Waals surface area contributed by atoms with Crippen LogP contribution in [0.3, 0.4) is 0 Å². The summed E-state index contributed by atoms with van der Waals surface area (Å²) in [5.74, 6) is 0. The van der Waals surface area contributed by atoms with Crippen molar-refractivity contribution < 1.29 is 13.6 Å². The van der Waals surface area contributed by atoms with Crippen LogP contribution in [0.4, 0.5) is 0 Å². The third-order valence-electron chi connectivity index (χ3n) is 1.47. The minimum Gasteiger partial charge on any atom is -0.299 e. The predicted octanol–water partition coefficient (Wildman–Crippen LogP) is 4.61. The molecule has 0 heterocycles. The summed E-state index contributed by atoms with van der Waals surface area (Å²) < 4.78 is 22.6. The summed E-state index contributed by atoms with van der Waals surface area (Å²) in [4.78, 5) is 0. The molecule has 0 aliphatic carbocycles. The minimum atomic E-state index is -3.22. The highest BCUT2D eigenvalue weighted by molar-refractivity contribution is 8.06. The van der Waals surface area contributed by atoms with Crippen LogP contribution in [0.5, 0.6) is 0 Å². The van der Waals surface area contributed by atoms with Crippen LogP contribution in [0.15, 0.2) is 11.0 Å². The normalized spacial score (nSPS) is 10.6. The van der Waals surface area contributed by atoms with Gasteiger partial charge in [-0.15, -0.1) is 0 Å². The molecule has 0 fully saturated rings. The summed E-state index contributed by atoms with van der Waals surface area (Å²) in [6.07, 6.45) is 1.59. The van der Waals surface area contributed by atoms with Crippen molar-refractivity contribution in [2.75, 3.05) is 13.2 Å². The molecule has 5 heteroatoms. The van der Waals surface area contributed by atoms with Gasteiger partial charge in [0.2, 0.25) is 0 Å². The van der Waals surface area contributed by atoms with E-state index in [9.17, 15) is 4.57 Å². The summed E-state index contributed by atoms with van der Waals surface area (Å²) in [6.45, 7) is 8.68. The van der Waals surface area contributed by atoms with E-state index in [0.29, 0.717) is 13.2 Å². The van der Waals surface area contributed by atoms with Crippen molar-refractivity contribution in [2.45, 2.75) is 40.5 Å². The molecule has 0 aliphatic heterocycles. The van der Waals surface area contributed by atoms with Crippen molar-refractivity contribution in [3.8, 4) is 10.9 Å². The van der Waals surface area contributed by atoms with Gasteiger partial charge in [-0.1, -0.05) is 19.4 Å². The predicted molar refractivity (Wildman–Crippen MR) is 74.9 cm³/mol. The van der Waals surface area contributed by atoms with Gasteiger partial charge < -0.3 is 0 Å². The van der Waals surface area contributed by atoms with Crippen molar-refractivity contribution >= 4 is 19.4 Å². The van der Waals surface area contributed by atoms with Gasteiger partial charge in [0.05, 0.1) is 13.2 Å². The van der Waals surface area contributed by atoms with E-state index < -0.39 is 7.60 Å². The molecule has 0 aromatic rings. The molecule has 0 saturated carbocycles. The van der Waals surface area contributed by atoms with Crippen LogP contribution in [0.1, 0.15) is 40.5 Å². The van der Waals surface area contributed by atoms with E-state index >= 15 is 0 Å². The lowest BCUT2D eigenvalue weighted by Crippen LogP contribution is -1.96. The molecule has 0 saturated heterocycles. The third kappa shape index (κ3) is 9.50. The first-order valence-corrected chi connectivity index (χ1v) is 8.16. The Morgan fingerprint density at radius 2 is 1.76 bits per heavy atom. The average molecular weight is 276 g/mol. The van der Waals surface area contributed by atoms with Gasteiger partial charge in [0.1, 0.15) is 0 Å². The maximum atomic E-state index is 12.1. The van der Waals surface area contributed by atoms with Crippen LogP contribution < -0.4 is 0 Å². The Morgan fingerprint density at radius 3 is 2.18 bits per heavy atom. The van der Waals surface area contributed by atoms with E-state index in [4.69, 9.17) is 9.05 Å². The number of allylic oxidation sites excluding steroid dienone is 1. The molecule has 0 rings (SSSR count). The lowest BCUT2D eigenvalue weighted by molar-refractivity contribution is 0.214. The van der Waals surface area contributed by atoms with E-state index in [1.54, 1.807) is 0 Å². The molecule has 0 bridgehead atoms. The molecule has 0 spiro atoms. The highest BCUT2D eigenvalue weighted by Gasteiger charge is 2.20. The number of hydrogen-bond donors (Lipinski definition) is 0. The van der Waals surface area contributed by atoms with Crippen LogP contribution in [0, 0.1) is 10.9 Å². The van der Waals surface area contributed by atoms with Gasteiger partial charge in [-0.3, -0.25) is 9.05 Å². The van der Waals surface area contributed by atoms with Gasteiger partial charge >= 0.3 is 7.60 Å². The van der Waals surface area contributed by atoms with E-state index in [1.165, 1.54) is 11.8 Å². The first-order valence-electron chi connectivity index (χ1n) is 5.74. The first kappa shape index (κ1) is 16.8. The SMILES string of the molecule is CCCOP(=O)(C#CSC=C(C)C)OCCC. The van der Waals surface area contributed by atoms with E-state index in [1.807, 2.05) is 33.1 Å². The highest BCUT2D eigenvalue weighted by atomic mass is 32.2. The Hall–Kier alpha value is -0.200. The molecular weight excluding hydrogens is 255 g/mol. The fraction of sp³-hybridized carbons (Fsp3) is 0.667. The zero-order valence-corrected chi connectivity index (χ0v) is 12.7. The van der Waals surface area contributed by atoms with Gasteiger partial charge in [-0.2, -0.15) is 0 Å². The standard InChI is InChI=1S/C12H21O3PS/c1-5-7-14-16(13,15-8-6-2)9-10-17-11-12(3)4/h11H,5-8H2,1-4H3. The molecule has 3 nitrogen and oxygen atoms in total. The molecule has 0 radical (unpaired) electrons. The molecule has 98 valence electrons. The van der Waals surface area contributed by atoms with Crippen LogP contribution in [0.25, 0.3) is 0 Å². The lowest BCUT2D eigenvalue weighted by Gasteiger charge is -2.11. The van der Waals surface area contributed by atoms with Crippen molar-refractivity contribution in [1.82, 2.24) is 0 Å². The number of thioether (sulfide) groups is 1. The largest absolute Gasteiger partial charge is 0.406 e. The molecule has 0 N–H and O–H groups in total. The highest BCUT2D eigenvalue weighted by Crippen LogP contribution is 2.47. The second-order valence-electron chi connectivity index (χ2n) is 3.69. The Morgan fingerprint density at radius 1 is 1.24 bits per heavy atom. The van der Waals surface area contributed by atoms with Crippen molar-refractivity contribution in [3.05, 3.63) is 11.0 Å². The summed E-state index contributed by atoms with van der Waals surface area (Å²) in [7, 11) is -3.22. The fourth-order valence-electron chi connectivity index (χ4n) is 0.754. The van der Waals surface area contributed by atoms with E-state index in [0.717, 1.165) is 18.4 Å². The van der Waals surface area contributed by atoms with Gasteiger partial charge in [0.25, 0.3) is 0 Å². The molecule has 17 heavy (non-hydrogen) atoms. The van der Waals surface area contributed by atoms with E-state index in [2.05, 4.69) is 10.9 Å². The maximum Gasteiger partial charge on any atom is 0.406 e. The lowest BCUT2D eigenvalue weighted by atomic mass is 10.4. The summed E-state index contributed by atoms with van der Waals surface area (Å²) >= 11 is 1.30. The van der Waals surface area contributed by atoms with Crippen LogP contribution in [0.2, 0.25) is 0 Å². The quantitative estimate of drug-likeness (QED) is 0.502. The molecular formula is C12H21O3PS. The number of hydrogen-bond acceptors (Lipinski definition) is 4. The Bertz CT molecular complexity index is 325. The van der Waals surface area contributed by atoms with E-state index in [-0.39, 0.29) is 0 Å². The molecule has 0 aliphatic rings. The first-order chi connectivity index (χ1) is 8.04. The summed E-state index contributed by atoms with van der Waals surface area (Å²) in [5, 5.41) is 4.65. The average Bonchev–Trinajstić information content (AvgIpc) is 2.30. The molecule has 0 aromatic carbocycles. The zero-order valence-electron chi connectivity index (χ0n) is 11.0. The Balaban J connectivity index is 4.45. The van der Waals surface area contributed by atoms with Crippen molar-refractivity contribution in [3.63, 3.8) is 0 Å². The van der Waals surface area contributed by atoms with Crippen molar-refractivity contribution in [1.29, 1.82) is 0 Å². The second-order valence-corrected chi connectivity index (χ2v) is 6.10. The van der Waals surface area contributed by atoms with Crippen molar-refractivity contribution in [2.24, 2.45) is 0 Å².